The Morgan fingerprint density at radius 1 is 0.872 bits per heavy atom. The van der Waals surface area contributed by atoms with E-state index in [-0.39, 0.29) is 25.5 Å². The predicted molar refractivity (Wildman–Crippen MR) is 181 cm³/mol. The van der Waals surface area contributed by atoms with E-state index in [0.29, 0.717) is 47.5 Å². The zero-order valence-corrected chi connectivity index (χ0v) is 26.8. The smallest absolute Gasteiger partial charge is 0.252 e. The largest absolute Gasteiger partial charge is 0.497 e. The summed E-state index contributed by atoms with van der Waals surface area (Å²) in [4.78, 5) is 19.6. The van der Waals surface area contributed by atoms with E-state index in [2.05, 4.69) is 5.32 Å². The summed E-state index contributed by atoms with van der Waals surface area (Å²) in [7, 11) is 4.78. The zero-order valence-electron chi connectivity index (χ0n) is 26.8. The second-order valence-electron chi connectivity index (χ2n) is 11.0. The first kappa shape index (κ1) is 33.1. The van der Waals surface area contributed by atoms with Crippen LogP contribution in [0.3, 0.4) is 0 Å². The van der Waals surface area contributed by atoms with Crippen LogP contribution in [-0.4, -0.2) is 57.0 Å². The van der Waals surface area contributed by atoms with E-state index in [1.807, 2.05) is 103 Å². The van der Waals surface area contributed by atoms with E-state index in [4.69, 9.17) is 33.8 Å². The van der Waals surface area contributed by atoms with Gasteiger partial charge in [-0.3, -0.25) is 4.79 Å². The maximum absolute atomic E-state index is 14.5. The van der Waals surface area contributed by atoms with Crippen molar-refractivity contribution in [1.82, 2.24) is 5.32 Å². The number of rotatable bonds is 15. The van der Waals surface area contributed by atoms with Crippen molar-refractivity contribution in [2.75, 3.05) is 34.5 Å². The van der Waals surface area contributed by atoms with Crippen molar-refractivity contribution in [2.45, 2.75) is 31.0 Å². The first-order valence-corrected chi connectivity index (χ1v) is 15.4. The van der Waals surface area contributed by atoms with Crippen molar-refractivity contribution in [3.63, 3.8) is 0 Å². The molecule has 0 fully saturated rings. The molecule has 0 saturated heterocycles. The third kappa shape index (κ3) is 8.12. The molecule has 244 valence electrons. The molecule has 1 aliphatic heterocycles. The van der Waals surface area contributed by atoms with Crippen molar-refractivity contribution < 1.29 is 33.6 Å². The van der Waals surface area contributed by atoms with Gasteiger partial charge in [0.2, 0.25) is 5.90 Å². The maximum atomic E-state index is 14.5. The number of aliphatic hydroxyl groups is 1. The van der Waals surface area contributed by atoms with E-state index in [1.54, 1.807) is 27.4 Å². The van der Waals surface area contributed by atoms with E-state index >= 15 is 0 Å². The lowest BCUT2D eigenvalue weighted by Crippen LogP contribution is -2.47. The Kier molecular flexibility index (Phi) is 11.1. The van der Waals surface area contributed by atoms with Crippen LogP contribution in [0.5, 0.6) is 23.0 Å². The lowest BCUT2D eigenvalue weighted by Gasteiger charge is -2.30. The number of amides is 1. The Morgan fingerprint density at radius 2 is 1.60 bits per heavy atom. The Bertz CT molecular complexity index is 1670. The van der Waals surface area contributed by atoms with Crippen LogP contribution in [0.25, 0.3) is 6.08 Å². The van der Waals surface area contributed by atoms with E-state index in [9.17, 15) is 4.79 Å². The molecule has 0 aromatic heterocycles. The fourth-order valence-corrected chi connectivity index (χ4v) is 5.36. The average Bonchev–Trinajstić information content (AvgIpc) is 3.52. The van der Waals surface area contributed by atoms with Gasteiger partial charge in [-0.05, 0) is 65.2 Å². The standard InChI is InChI=1S/C38H40N2O7/c1-43-32-14-7-13-30(24-32)35-38(19-8-12-27-10-5-4-6-11-27,37(42)39-26-28-22-33(44-2)25-34(23-28)45-3)40-36(47-35)29-15-17-31(18-16-29)46-21-9-20-41/h4-8,10-18,22-25,35,41H,9,19-21,26H2,1-3H3,(H,39,42)/b12-8+/t35-,38-/m1/s1. The SMILES string of the molecule is COc1cc(CNC(=O)[C@]2(C/C=C/c3ccccc3)N=C(c3ccc(OCCCO)cc3)O[C@@H]2c2cccc(OC)c2)cc(OC)c1. The molecule has 9 nitrogen and oxygen atoms in total. The van der Waals surface area contributed by atoms with Gasteiger partial charge in [0.25, 0.3) is 5.91 Å². The minimum atomic E-state index is -1.37. The van der Waals surface area contributed by atoms with Crippen molar-refractivity contribution in [3.05, 3.63) is 125 Å². The van der Waals surface area contributed by atoms with Crippen LogP contribution in [0.15, 0.2) is 108 Å². The molecule has 0 saturated carbocycles. The highest BCUT2D eigenvalue weighted by Gasteiger charge is 2.52. The molecule has 0 radical (unpaired) electrons. The molecule has 1 heterocycles. The Morgan fingerprint density at radius 3 is 2.28 bits per heavy atom. The van der Waals surface area contributed by atoms with Gasteiger partial charge >= 0.3 is 0 Å². The Balaban J connectivity index is 1.54. The number of aliphatic hydroxyl groups excluding tert-OH is 1. The topological polar surface area (TPSA) is 108 Å². The molecular formula is C38H40N2O7. The summed E-state index contributed by atoms with van der Waals surface area (Å²) in [6.45, 7) is 0.677. The highest BCUT2D eigenvalue weighted by molar-refractivity contribution is 6.01. The third-order valence-corrected chi connectivity index (χ3v) is 7.83. The average molecular weight is 637 g/mol. The van der Waals surface area contributed by atoms with Gasteiger partial charge in [-0.2, -0.15) is 0 Å². The quantitative estimate of drug-likeness (QED) is 0.151. The second-order valence-corrected chi connectivity index (χ2v) is 11.0. The summed E-state index contributed by atoms with van der Waals surface area (Å²) >= 11 is 0. The summed E-state index contributed by atoms with van der Waals surface area (Å²) < 4.78 is 28.8. The van der Waals surface area contributed by atoms with Crippen molar-refractivity contribution in [2.24, 2.45) is 4.99 Å². The monoisotopic (exact) mass is 636 g/mol. The van der Waals surface area contributed by atoms with Gasteiger partial charge in [0.1, 0.15) is 23.0 Å². The molecule has 0 bridgehead atoms. The summed E-state index contributed by atoms with van der Waals surface area (Å²) in [6, 6.07) is 30.3. The number of hydrogen-bond donors (Lipinski definition) is 2. The van der Waals surface area contributed by atoms with Crippen molar-refractivity contribution in [3.8, 4) is 23.0 Å². The first-order chi connectivity index (χ1) is 23.0. The van der Waals surface area contributed by atoms with E-state index in [0.717, 1.165) is 16.7 Å². The highest BCUT2D eigenvalue weighted by Crippen LogP contribution is 2.44. The van der Waals surface area contributed by atoms with Gasteiger partial charge in [0.05, 0.1) is 27.9 Å². The molecule has 0 unspecified atom stereocenters. The van der Waals surface area contributed by atoms with Crippen molar-refractivity contribution in [1.29, 1.82) is 0 Å². The van der Waals surface area contributed by atoms with E-state index in [1.165, 1.54) is 0 Å². The number of benzene rings is 4. The van der Waals surface area contributed by atoms with Crippen LogP contribution < -0.4 is 24.3 Å². The van der Waals surface area contributed by atoms with Crippen molar-refractivity contribution >= 4 is 17.9 Å². The number of nitrogens with one attached hydrogen (secondary N) is 1. The molecule has 2 atom stereocenters. The molecule has 1 aliphatic rings. The highest BCUT2D eigenvalue weighted by atomic mass is 16.5. The molecule has 4 aromatic rings. The molecule has 2 N–H and O–H groups in total. The molecular weight excluding hydrogens is 596 g/mol. The van der Waals surface area contributed by atoms with Gasteiger partial charge in [0, 0.05) is 37.6 Å². The molecule has 4 aromatic carbocycles. The molecule has 1 amide bonds. The van der Waals surface area contributed by atoms with Gasteiger partial charge in [-0.25, -0.2) is 4.99 Å². The number of hydrogen-bond acceptors (Lipinski definition) is 8. The second kappa shape index (κ2) is 15.8. The number of aliphatic imine (C=N–C) groups is 1. The van der Waals surface area contributed by atoms with Crippen LogP contribution in [-0.2, 0) is 16.1 Å². The normalized spacial score (nSPS) is 17.1. The van der Waals surface area contributed by atoms with E-state index < -0.39 is 11.6 Å². The summed E-state index contributed by atoms with van der Waals surface area (Å²) in [5, 5.41) is 12.2. The zero-order chi connectivity index (χ0) is 33.1. The van der Waals surface area contributed by atoms with Gasteiger partial charge in [-0.15, -0.1) is 0 Å². The Hall–Kier alpha value is -5.28. The molecule has 0 aliphatic carbocycles. The molecule has 0 spiro atoms. The van der Waals surface area contributed by atoms with Crippen LogP contribution in [0, 0.1) is 0 Å². The molecule has 5 rings (SSSR count). The summed E-state index contributed by atoms with van der Waals surface area (Å²) in [5.74, 6) is 2.58. The number of carbonyl (C=O) groups excluding carboxylic acids is 1. The van der Waals surface area contributed by atoms with Crippen LogP contribution in [0.1, 0.15) is 41.2 Å². The minimum absolute atomic E-state index is 0.0582. The first-order valence-electron chi connectivity index (χ1n) is 15.4. The van der Waals surface area contributed by atoms with Gasteiger partial charge in [0.15, 0.2) is 11.6 Å². The van der Waals surface area contributed by atoms with Gasteiger partial charge < -0.3 is 34.1 Å². The van der Waals surface area contributed by atoms with Crippen LogP contribution >= 0.6 is 0 Å². The number of nitrogens with zero attached hydrogens (tertiary/aromatic N) is 1. The predicted octanol–water partition coefficient (Wildman–Crippen LogP) is 6.15. The molecule has 47 heavy (non-hydrogen) atoms. The third-order valence-electron chi connectivity index (χ3n) is 7.83. The number of methoxy groups -OCH3 is 3. The van der Waals surface area contributed by atoms with Crippen LogP contribution in [0.4, 0.5) is 0 Å². The fourth-order valence-electron chi connectivity index (χ4n) is 5.36. The molecule has 9 heteroatoms. The lowest BCUT2D eigenvalue weighted by atomic mass is 9.84. The lowest BCUT2D eigenvalue weighted by molar-refractivity contribution is -0.129. The fraction of sp³-hybridized carbons (Fsp3) is 0.263. The number of carbonyl (C=O) groups is 1. The van der Waals surface area contributed by atoms with Crippen LogP contribution in [0.2, 0.25) is 0 Å². The summed E-state index contributed by atoms with van der Waals surface area (Å²) in [6.07, 6.45) is 3.97. The van der Waals surface area contributed by atoms with Gasteiger partial charge in [-0.1, -0.05) is 54.6 Å². The Labute approximate surface area is 275 Å². The maximum Gasteiger partial charge on any atom is 0.252 e. The minimum Gasteiger partial charge on any atom is -0.497 e. The number of ether oxygens (including phenoxy) is 5. The summed E-state index contributed by atoms with van der Waals surface area (Å²) in [5.41, 5.74) is 1.89.